The Hall–Kier alpha value is -1.59. The van der Waals surface area contributed by atoms with Crippen LogP contribution in [-0.4, -0.2) is 34.6 Å². The highest BCUT2D eigenvalue weighted by molar-refractivity contribution is 5.87. The number of carbonyl (C=O) groups is 3. The second-order valence-electron chi connectivity index (χ2n) is 5.90. The Morgan fingerprint density at radius 3 is 2.32 bits per heavy atom. The van der Waals surface area contributed by atoms with Crippen molar-refractivity contribution in [2.24, 2.45) is 5.92 Å². The van der Waals surface area contributed by atoms with Gasteiger partial charge in [0, 0.05) is 6.42 Å². The molecule has 0 heterocycles. The van der Waals surface area contributed by atoms with Gasteiger partial charge in [0.2, 0.25) is 5.91 Å². The predicted octanol–water partition coefficient (Wildman–Crippen LogP) is 1.09. The first kappa shape index (κ1) is 15.5. The zero-order valence-electron chi connectivity index (χ0n) is 11.6. The first-order valence-corrected chi connectivity index (χ1v) is 6.41. The highest BCUT2D eigenvalue weighted by Crippen LogP contribution is 2.32. The Labute approximate surface area is 112 Å². The average molecular weight is 271 g/mol. The van der Waals surface area contributed by atoms with Gasteiger partial charge in [-0.2, -0.15) is 0 Å². The Bertz CT molecular complexity index is 368. The number of hydrogen-bond acceptors (Lipinski definition) is 4. The van der Waals surface area contributed by atoms with Crippen LogP contribution in [-0.2, 0) is 19.1 Å². The minimum absolute atomic E-state index is 0.321. The lowest BCUT2D eigenvalue weighted by Crippen LogP contribution is -2.43. The Morgan fingerprint density at radius 1 is 1.32 bits per heavy atom. The summed E-state index contributed by atoms with van der Waals surface area (Å²) in [5, 5.41) is 11.4. The number of carboxylic acid groups (broad SMARTS) is 1. The molecule has 0 spiro atoms. The van der Waals surface area contributed by atoms with Gasteiger partial charge in [0.25, 0.3) is 0 Å². The maximum atomic E-state index is 11.6. The molecule has 0 unspecified atom stereocenters. The molecule has 19 heavy (non-hydrogen) atoms. The van der Waals surface area contributed by atoms with Crippen LogP contribution in [0, 0.1) is 5.92 Å². The minimum atomic E-state index is -1.23. The predicted molar refractivity (Wildman–Crippen MR) is 67.4 cm³/mol. The molecule has 0 aliphatic heterocycles. The number of carboxylic acids is 1. The second-order valence-corrected chi connectivity index (χ2v) is 5.90. The number of hydrogen-bond donors (Lipinski definition) is 2. The lowest BCUT2D eigenvalue weighted by Gasteiger charge is -2.21. The zero-order valence-corrected chi connectivity index (χ0v) is 11.6. The number of carbonyl (C=O) groups excluding carboxylic acids is 2. The van der Waals surface area contributed by atoms with Gasteiger partial charge in [-0.05, 0) is 39.5 Å². The molecule has 0 aromatic carbocycles. The average Bonchev–Trinajstić information content (AvgIpc) is 2.97. The van der Waals surface area contributed by atoms with E-state index in [9.17, 15) is 14.4 Å². The number of amides is 1. The Balaban J connectivity index is 2.45. The summed E-state index contributed by atoms with van der Waals surface area (Å²) < 4.78 is 5.04. The third kappa shape index (κ3) is 6.79. The first-order chi connectivity index (χ1) is 8.67. The smallest absolute Gasteiger partial charge is 0.326 e. The maximum Gasteiger partial charge on any atom is 0.326 e. The summed E-state index contributed by atoms with van der Waals surface area (Å²) in [5.41, 5.74) is -0.668. The van der Waals surface area contributed by atoms with Crippen LogP contribution in [0.25, 0.3) is 0 Å². The van der Waals surface area contributed by atoms with Crippen LogP contribution in [0.15, 0.2) is 0 Å². The maximum absolute atomic E-state index is 11.6. The summed E-state index contributed by atoms with van der Waals surface area (Å²) in [4.78, 5) is 34.1. The van der Waals surface area contributed by atoms with Crippen molar-refractivity contribution in [1.29, 1.82) is 0 Å². The van der Waals surface area contributed by atoms with Crippen LogP contribution in [0.2, 0.25) is 0 Å². The highest BCUT2D eigenvalue weighted by atomic mass is 16.6. The van der Waals surface area contributed by atoms with Crippen molar-refractivity contribution in [1.82, 2.24) is 5.32 Å². The van der Waals surface area contributed by atoms with Crippen molar-refractivity contribution in [3.05, 3.63) is 0 Å². The van der Waals surface area contributed by atoms with Gasteiger partial charge in [-0.15, -0.1) is 0 Å². The van der Waals surface area contributed by atoms with Crippen molar-refractivity contribution in [3.8, 4) is 0 Å². The van der Waals surface area contributed by atoms with E-state index in [-0.39, 0.29) is 12.3 Å². The monoisotopic (exact) mass is 271 g/mol. The number of ether oxygens (including phenoxy) is 1. The van der Waals surface area contributed by atoms with Gasteiger partial charge in [-0.3, -0.25) is 9.59 Å². The van der Waals surface area contributed by atoms with Gasteiger partial charge in [0.15, 0.2) is 0 Å². The van der Waals surface area contributed by atoms with Crippen molar-refractivity contribution < 1.29 is 24.2 Å². The third-order valence-electron chi connectivity index (χ3n) is 2.60. The van der Waals surface area contributed by atoms with Gasteiger partial charge < -0.3 is 15.2 Å². The van der Waals surface area contributed by atoms with Crippen LogP contribution < -0.4 is 5.32 Å². The highest BCUT2D eigenvalue weighted by Gasteiger charge is 2.29. The Kier molecular flexibility index (Phi) is 4.91. The number of esters is 1. The zero-order chi connectivity index (χ0) is 14.6. The molecule has 0 radical (unpaired) electrons. The quantitative estimate of drug-likeness (QED) is 0.705. The van der Waals surface area contributed by atoms with E-state index >= 15 is 0 Å². The topological polar surface area (TPSA) is 92.7 Å². The summed E-state index contributed by atoms with van der Waals surface area (Å²) in [6.45, 7) is 5.10. The van der Waals surface area contributed by atoms with E-state index in [4.69, 9.17) is 9.84 Å². The molecule has 1 amide bonds. The summed E-state index contributed by atoms with van der Waals surface area (Å²) in [5.74, 6) is -1.81. The molecule has 0 aromatic rings. The second kappa shape index (κ2) is 6.04. The molecule has 1 atom stereocenters. The van der Waals surface area contributed by atoms with Crippen molar-refractivity contribution in [2.45, 2.75) is 58.1 Å². The SMILES string of the molecule is CC(C)(C)OC(=O)C[C@H](NC(=O)CC1CC1)C(=O)O. The fourth-order valence-electron chi connectivity index (χ4n) is 1.59. The number of rotatable bonds is 6. The van der Waals surface area contributed by atoms with Gasteiger partial charge in [-0.25, -0.2) is 4.79 Å². The van der Waals surface area contributed by atoms with E-state index in [2.05, 4.69) is 5.32 Å². The minimum Gasteiger partial charge on any atom is -0.480 e. The number of nitrogens with one attached hydrogen (secondary N) is 1. The number of aliphatic carboxylic acids is 1. The molecule has 1 rings (SSSR count). The molecule has 1 fully saturated rings. The molecule has 0 saturated heterocycles. The first-order valence-electron chi connectivity index (χ1n) is 6.41. The van der Waals surface area contributed by atoms with Gasteiger partial charge in [0.1, 0.15) is 11.6 Å². The molecule has 1 aliphatic carbocycles. The summed E-state index contributed by atoms with van der Waals surface area (Å²) in [6, 6.07) is -1.22. The van der Waals surface area contributed by atoms with Gasteiger partial charge in [0.05, 0.1) is 6.42 Å². The van der Waals surface area contributed by atoms with E-state index in [0.717, 1.165) is 12.8 Å². The van der Waals surface area contributed by atoms with Crippen LogP contribution >= 0.6 is 0 Å². The molecule has 2 N–H and O–H groups in total. The van der Waals surface area contributed by atoms with Gasteiger partial charge in [-0.1, -0.05) is 0 Å². The molecule has 0 bridgehead atoms. The van der Waals surface area contributed by atoms with Crippen LogP contribution in [0.4, 0.5) is 0 Å². The van der Waals surface area contributed by atoms with Crippen LogP contribution in [0.1, 0.15) is 46.5 Å². The molecule has 1 aliphatic rings. The molecule has 1 saturated carbocycles. The van der Waals surface area contributed by atoms with E-state index in [0.29, 0.717) is 12.3 Å². The fourth-order valence-corrected chi connectivity index (χ4v) is 1.59. The van der Waals surface area contributed by atoms with Crippen molar-refractivity contribution in [2.75, 3.05) is 0 Å². The standard InChI is InChI=1S/C13H21NO5/c1-13(2,3)19-11(16)7-9(12(17)18)14-10(15)6-8-4-5-8/h8-9H,4-7H2,1-3H3,(H,14,15)(H,17,18)/t9-/m0/s1. The van der Waals surface area contributed by atoms with E-state index in [1.807, 2.05) is 0 Å². The fraction of sp³-hybridized carbons (Fsp3) is 0.769. The van der Waals surface area contributed by atoms with E-state index < -0.39 is 23.6 Å². The summed E-state index contributed by atoms with van der Waals surface area (Å²) in [7, 11) is 0. The van der Waals surface area contributed by atoms with E-state index in [1.54, 1.807) is 20.8 Å². The van der Waals surface area contributed by atoms with Crippen molar-refractivity contribution in [3.63, 3.8) is 0 Å². The molecule has 6 heteroatoms. The third-order valence-corrected chi connectivity index (χ3v) is 2.60. The molecule has 6 nitrogen and oxygen atoms in total. The van der Waals surface area contributed by atoms with Crippen LogP contribution in [0.5, 0.6) is 0 Å². The lowest BCUT2D eigenvalue weighted by atomic mass is 10.1. The van der Waals surface area contributed by atoms with Crippen LogP contribution in [0.3, 0.4) is 0 Å². The molecule has 108 valence electrons. The molecular weight excluding hydrogens is 250 g/mol. The normalized spacial score (nSPS) is 16.6. The summed E-state index contributed by atoms with van der Waals surface area (Å²) >= 11 is 0. The molecule has 0 aromatic heterocycles. The Morgan fingerprint density at radius 2 is 1.89 bits per heavy atom. The van der Waals surface area contributed by atoms with E-state index in [1.165, 1.54) is 0 Å². The van der Waals surface area contributed by atoms with Crippen molar-refractivity contribution >= 4 is 17.8 Å². The van der Waals surface area contributed by atoms with Gasteiger partial charge >= 0.3 is 11.9 Å². The lowest BCUT2D eigenvalue weighted by molar-refractivity contribution is -0.158. The largest absolute Gasteiger partial charge is 0.480 e. The molecular formula is C13H21NO5. The summed E-state index contributed by atoms with van der Waals surface area (Å²) in [6.07, 6.45) is 2.00.